The summed E-state index contributed by atoms with van der Waals surface area (Å²) in [5.74, 6) is 0. The summed E-state index contributed by atoms with van der Waals surface area (Å²) in [4.78, 5) is 2.59. The third-order valence-corrected chi connectivity index (χ3v) is 4.92. The number of fused-ring (bicyclic) bond motifs is 2. The largest absolute Gasteiger partial charge is 0.385 e. The number of benzene rings is 1. The van der Waals surface area contributed by atoms with Crippen LogP contribution < -0.4 is 0 Å². The fourth-order valence-corrected chi connectivity index (χ4v) is 3.72. The lowest BCUT2D eigenvalue weighted by Gasteiger charge is -2.44. The number of aliphatic hydroxyl groups is 1. The van der Waals surface area contributed by atoms with Gasteiger partial charge in [-0.15, -0.1) is 0 Å². The molecule has 2 heteroatoms. The summed E-state index contributed by atoms with van der Waals surface area (Å²) in [5, 5.41) is 10.7. The van der Waals surface area contributed by atoms with Gasteiger partial charge in [-0.1, -0.05) is 36.9 Å². The van der Waals surface area contributed by atoms with Gasteiger partial charge in [-0.05, 0) is 43.7 Å². The second kappa shape index (κ2) is 4.77. The molecule has 0 aliphatic carbocycles. The monoisotopic (exact) mass is 257 g/mol. The molecule has 2 aliphatic rings. The van der Waals surface area contributed by atoms with E-state index < -0.39 is 5.60 Å². The second-order valence-electron chi connectivity index (χ2n) is 6.26. The molecule has 1 aromatic carbocycles. The first kappa shape index (κ1) is 12.9. The zero-order valence-corrected chi connectivity index (χ0v) is 11.7. The number of piperidine rings is 1. The van der Waals surface area contributed by atoms with Gasteiger partial charge in [0.15, 0.2) is 0 Å². The molecule has 102 valence electrons. The molecule has 0 radical (unpaired) electrons. The van der Waals surface area contributed by atoms with Crippen molar-refractivity contribution in [2.75, 3.05) is 0 Å². The first-order valence-electron chi connectivity index (χ1n) is 7.26. The van der Waals surface area contributed by atoms with Gasteiger partial charge >= 0.3 is 0 Å². The van der Waals surface area contributed by atoms with E-state index in [1.165, 1.54) is 18.4 Å². The Morgan fingerprint density at radius 3 is 2.37 bits per heavy atom. The molecule has 2 unspecified atom stereocenters. The van der Waals surface area contributed by atoms with Gasteiger partial charge in [0.1, 0.15) is 0 Å². The maximum absolute atomic E-state index is 10.7. The van der Waals surface area contributed by atoms with Crippen molar-refractivity contribution in [2.24, 2.45) is 0 Å². The SMILES string of the molecule is C=C(C)C1(O)CC2CCC(C1)N2Cc1ccccc1. The lowest BCUT2D eigenvalue weighted by atomic mass is 9.81. The van der Waals surface area contributed by atoms with Gasteiger partial charge < -0.3 is 5.11 Å². The Hall–Kier alpha value is -1.12. The van der Waals surface area contributed by atoms with E-state index in [1.54, 1.807) is 0 Å². The molecule has 0 saturated carbocycles. The molecular formula is C17H23NO. The van der Waals surface area contributed by atoms with Crippen molar-refractivity contribution in [1.29, 1.82) is 0 Å². The minimum Gasteiger partial charge on any atom is -0.385 e. The first-order valence-corrected chi connectivity index (χ1v) is 7.26. The molecule has 2 nitrogen and oxygen atoms in total. The van der Waals surface area contributed by atoms with Gasteiger partial charge in [0.2, 0.25) is 0 Å². The Labute approximate surface area is 115 Å². The van der Waals surface area contributed by atoms with Gasteiger partial charge in [-0.25, -0.2) is 0 Å². The van der Waals surface area contributed by atoms with Crippen molar-refractivity contribution >= 4 is 0 Å². The van der Waals surface area contributed by atoms with Crippen molar-refractivity contribution in [3.63, 3.8) is 0 Å². The smallest absolute Gasteiger partial charge is 0.0881 e. The normalized spacial score (nSPS) is 34.4. The molecule has 0 aromatic heterocycles. The Bertz CT molecular complexity index is 453. The van der Waals surface area contributed by atoms with E-state index in [0.29, 0.717) is 12.1 Å². The van der Waals surface area contributed by atoms with Crippen LogP contribution >= 0.6 is 0 Å². The summed E-state index contributed by atoms with van der Waals surface area (Å²) in [6, 6.07) is 11.7. The van der Waals surface area contributed by atoms with Crippen LogP contribution in [0.4, 0.5) is 0 Å². The third kappa shape index (κ3) is 2.35. The van der Waals surface area contributed by atoms with E-state index in [9.17, 15) is 5.11 Å². The van der Waals surface area contributed by atoms with Crippen LogP contribution in [0.1, 0.15) is 38.2 Å². The number of nitrogens with zero attached hydrogens (tertiary/aromatic N) is 1. The molecule has 2 atom stereocenters. The second-order valence-corrected chi connectivity index (χ2v) is 6.26. The van der Waals surface area contributed by atoms with E-state index in [0.717, 1.165) is 25.0 Å². The van der Waals surface area contributed by atoms with E-state index in [-0.39, 0.29) is 0 Å². The molecule has 2 heterocycles. The van der Waals surface area contributed by atoms with Crippen LogP contribution in [0.15, 0.2) is 42.5 Å². The Morgan fingerprint density at radius 2 is 1.84 bits per heavy atom. The van der Waals surface area contributed by atoms with Crippen molar-refractivity contribution in [2.45, 2.75) is 56.8 Å². The van der Waals surface area contributed by atoms with Crippen molar-refractivity contribution < 1.29 is 5.11 Å². The third-order valence-electron chi connectivity index (χ3n) is 4.92. The maximum atomic E-state index is 10.7. The van der Waals surface area contributed by atoms with Crippen LogP contribution in [0, 0.1) is 0 Å². The minimum absolute atomic E-state index is 0.514. The predicted octanol–water partition coefficient (Wildman–Crippen LogP) is 3.12. The highest BCUT2D eigenvalue weighted by Crippen LogP contribution is 2.43. The zero-order valence-electron chi connectivity index (χ0n) is 11.7. The Morgan fingerprint density at radius 1 is 1.26 bits per heavy atom. The summed E-state index contributed by atoms with van der Waals surface area (Å²) in [7, 11) is 0. The van der Waals surface area contributed by atoms with Crippen LogP contribution in [0.3, 0.4) is 0 Å². The topological polar surface area (TPSA) is 23.5 Å². The molecule has 19 heavy (non-hydrogen) atoms. The summed E-state index contributed by atoms with van der Waals surface area (Å²) >= 11 is 0. The molecule has 2 bridgehead atoms. The van der Waals surface area contributed by atoms with Crippen LogP contribution in [0.2, 0.25) is 0 Å². The molecule has 0 amide bonds. The van der Waals surface area contributed by atoms with Gasteiger partial charge in [0.05, 0.1) is 5.60 Å². The van der Waals surface area contributed by atoms with Gasteiger partial charge in [0.25, 0.3) is 0 Å². The fraction of sp³-hybridized carbons (Fsp3) is 0.529. The van der Waals surface area contributed by atoms with E-state index in [4.69, 9.17) is 0 Å². The van der Waals surface area contributed by atoms with Crippen molar-refractivity contribution in [3.8, 4) is 0 Å². The summed E-state index contributed by atoms with van der Waals surface area (Å²) < 4.78 is 0. The lowest BCUT2D eigenvalue weighted by Crippen LogP contribution is -2.50. The van der Waals surface area contributed by atoms with E-state index in [2.05, 4.69) is 41.8 Å². The van der Waals surface area contributed by atoms with Crippen LogP contribution in [0.5, 0.6) is 0 Å². The first-order chi connectivity index (χ1) is 9.08. The average Bonchev–Trinajstić information content (AvgIpc) is 2.64. The quantitative estimate of drug-likeness (QED) is 0.841. The molecule has 0 spiro atoms. The minimum atomic E-state index is -0.626. The zero-order chi connectivity index (χ0) is 13.5. The highest BCUT2D eigenvalue weighted by molar-refractivity contribution is 5.19. The fourth-order valence-electron chi connectivity index (χ4n) is 3.72. The van der Waals surface area contributed by atoms with Gasteiger partial charge in [-0.3, -0.25) is 4.90 Å². The lowest BCUT2D eigenvalue weighted by molar-refractivity contribution is -0.0283. The maximum Gasteiger partial charge on any atom is 0.0881 e. The average molecular weight is 257 g/mol. The Kier molecular flexibility index (Phi) is 3.23. The number of hydrogen-bond acceptors (Lipinski definition) is 2. The highest BCUT2D eigenvalue weighted by Gasteiger charge is 2.47. The van der Waals surface area contributed by atoms with Gasteiger partial charge in [0, 0.05) is 18.6 Å². The molecule has 1 aromatic rings. The van der Waals surface area contributed by atoms with Crippen molar-refractivity contribution in [3.05, 3.63) is 48.0 Å². The predicted molar refractivity (Wildman–Crippen MR) is 77.8 cm³/mol. The van der Waals surface area contributed by atoms with E-state index in [1.807, 2.05) is 6.92 Å². The molecule has 3 rings (SSSR count). The molecule has 1 N–H and O–H groups in total. The van der Waals surface area contributed by atoms with Crippen LogP contribution in [0.25, 0.3) is 0 Å². The Balaban J connectivity index is 1.75. The number of hydrogen-bond donors (Lipinski definition) is 1. The van der Waals surface area contributed by atoms with Crippen LogP contribution in [-0.4, -0.2) is 27.7 Å². The summed E-state index contributed by atoms with van der Waals surface area (Å²) in [6.45, 7) is 6.97. The van der Waals surface area contributed by atoms with Gasteiger partial charge in [-0.2, -0.15) is 0 Å². The van der Waals surface area contributed by atoms with E-state index >= 15 is 0 Å². The van der Waals surface area contributed by atoms with Crippen molar-refractivity contribution in [1.82, 2.24) is 4.90 Å². The summed E-state index contributed by atoms with van der Waals surface area (Å²) in [6.07, 6.45) is 4.14. The standard InChI is InChI=1S/C17H23NO/c1-13(2)17(19)10-15-8-9-16(11-17)18(15)12-14-6-4-3-5-7-14/h3-7,15-16,19H,1,8-12H2,2H3. The molecule has 2 saturated heterocycles. The number of rotatable bonds is 3. The van der Waals surface area contributed by atoms with Crippen LogP contribution in [-0.2, 0) is 6.54 Å². The summed E-state index contributed by atoms with van der Waals surface area (Å²) in [5.41, 5.74) is 1.68. The molecule has 2 fully saturated rings. The molecular weight excluding hydrogens is 234 g/mol. The highest BCUT2D eigenvalue weighted by atomic mass is 16.3. The molecule has 2 aliphatic heterocycles.